The van der Waals surface area contributed by atoms with E-state index in [-0.39, 0.29) is 5.96 Å². The molecule has 0 aliphatic heterocycles. The standard InChI is InChI=1S/C15H13N5S/c16-13(10-6-2-1-3-7-10)19-14(17)20-15-18-11-8-4-5-9-12(11)21-15/h1-9H,(H4,16,17,18,19,20). The van der Waals surface area contributed by atoms with Crippen molar-refractivity contribution in [2.24, 2.45) is 21.5 Å². The Morgan fingerprint density at radius 3 is 2.43 bits per heavy atom. The molecule has 0 bridgehead atoms. The SMILES string of the molecule is N/C(=N\C(N)=N\c1nc2ccccc2s1)c1ccccc1. The number of aromatic nitrogens is 1. The number of thiazole rings is 1. The highest BCUT2D eigenvalue weighted by Crippen LogP contribution is 2.27. The molecule has 0 saturated heterocycles. The maximum atomic E-state index is 5.90. The van der Waals surface area contributed by atoms with Gasteiger partial charge in [0, 0.05) is 5.56 Å². The Morgan fingerprint density at radius 2 is 1.67 bits per heavy atom. The van der Waals surface area contributed by atoms with Gasteiger partial charge in [0.1, 0.15) is 5.84 Å². The number of benzene rings is 2. The molecular weight excluding hydrogens is 282 g/mol. The Bertz CT molecular complexity index is 787. The van der Waals surface area contributed by atoms with Crippen LogP contribution in [-0.4, -0.2) is 16.8 Å². The van der Waals surface area contributed by atoms with Crippen LogP contribution in [0.4, 0.5) is 5.13 Å². The van der Waals surface area contributed by atoms with E-state index >= 15 is 0 Å². The van der Waals surface area contributed by atoms with Gasteiger partial charge in [0.15, 0.2) is 0 Å². The summed E-state index contributed by atoms with van der Waals surface area (Å²) in [5.41, 5.74) is 13.4. The van der Waals surface area contributed by atoms with Crippen molar-refractivity contribution in [3.8, 4) is 0 Å². The maximum Gasteiger partial charge on any atom is 0.224 e. The second kappa shape index (κ2) is 5.72. The molecule has 1 aromatic heterocycles. The van der Waals surface area contributed by atoms with E-state index in [1.165, 1.54) is 11.3 Å². The summed E-state index contributed by atoms with van der Waals surface area (Å²) in [5.74, 6) is 0.424. The van der Waals surface area contributed by atoms with Gasteiger partial charge in [0.25, 0.3) is 0 Å². The zero-order valence-electron chi connectivity index (χ0n) is 11.1. The second-order valence-electron chi connectivity index (χ2n) is 4.30. The molecule has 3 aromatic rings. The first-order valence-corrected chi connectivity index (χ1v) is 7.13. The van der Waals surface area contributed by atoms with E-state index in [0.29, 0.717) is 11.0 Å². The first kappa shape index (κ1) is 13.3. The van der Waals surface area contributed by atoms with Gasteiger partial charge in [-0.2, -0.15) is 9.98 Å². The van der Waals surface area contributed by atoms with Crippen LogP contribution >= 0.6 is 11.3 Å². The van der Waals surface area contributed by atoms with E-state index in [9.17, 15) is 0 Å². The highest BCUT2D eigenvalue weighted by atomic mass is 32.1. The Hall–Kier alpha value is -2.73. The molecule has 0 aliphatic carbocycles. The minimum Gasteiger partial charge on any atom is -0.383 e. The molecule has 104 valence electrons. The molecule has 0 spiro atoms. The summed E-state index contributed by atoms with van der Waals surface area (Å²) in [6.45, 7) is 0. The maximum absolute atomic E-state index is 5.90. The largest absolute Gasteiger partial charge is 0.383 e. The molecule has 21 heavy (non-hydrogen) atoms. The van der Waals surface area contributed by atoms with Crippen molar-refractivity contribution < 1.29 is 0 Å². The number of amidine groups is 1. The van der Waals surface area contributed by atoms with Crippen molar-refractivity contribution in [3.63, 3.8) is 0 Å². The Morgan fingerprint density at radius 1 is 0.952 bits per heavy atom. The van der Waals surface area contributed by atoms with Crippen molar-refractivity contribution >= 4 is 38.5 Å². The minimum atomic E-state index is 0.0930. The zero-order valence-corrected chi connectivity index (χ0v) is 11.9. The number of hydrogen-bond acceptors (Lipinski definition) is 3. The minimum absolute atomic E-state index is 0.0930. The number of para-hydroxylation sites is 1. The molecule has 2 aromatic carbocycles. The Balaban J connectivity index is 1.89. The third-order valence-electron chi connectivity index (χ3n) is 2.80. The van der Waals surface area contributed by atoms with Gasteiger partial charge in [-0.1, -0.05) is 53.8 Å². The fourth-order valence-electron chi connectivity index (χ4n) is 1.83. The predicted molar refractivity (Wildman–Crippen MR) is 88.1 cm³/mol. The summed E-state index contributed by atoms with van der Waals surface area (Å²) in [6, 6.07) is 17.2. The first-order valence-electron chi connectivity index (χ1n) is 6.32. The lowest BCUT2D eigenvalue weighted by atomic mass is 10.2. The number of guanidine groups is 1. The molecule has 3 rings (SSSR count). The van der Waals surface area contributed by atoms with Crippen LogP contribution in [-0.2, 0) is 0 Å². The van der Waals surface area contributed by atoms with Crippen molar-refractivity contribution in [1.82, 2.24) is 4.98 Å². The van der Waals surface area contributed by atoms with Gasteiger partial charge in [-0.3, -0.25) is 0 Å². The van der Waals surface area contributed by atoms with Crippen LogP contribution in [0.5, 0.6) is 0 Å². The molecule has 1 heterocycles. The number of fused-ring (bicyclic) bond motifs is 1. The average Bonchev–Trinajstić information content (AvgIpc) is 2.90. The molecule has 0 aliphatic rings. The fourth-order valence-corrected chi connectivity index (χ4v) is 2.67. The van der Waals surface area contributed by atoms with Gasteiger partial charge in [-0.05, 0) is 12.1 Å². The number of nitrogens with two attached hydrogens (primary N) is 2. The molecule has 0 unspecified atom stereocenters. The van der Waals surface area contributed by atoms with Gasteiger partial charge < -0.3 is 11.5 Å². The molecule has 4 N–H and O–H groups in total. The third kappa shape index (κ3) is 3.06. The Labute approximate surface area is 125 Å². The lowest BCUT2D eigenvalue weighted by Gasteiger charge is -1.99. The highest BCUT2D eigenvalue weighted by Gasteiger charge is 2.03. The summed E-state index contributed by atoms with van der Waals surface area (Å²) >= 11 is 1.46. The lowest BCUT2D eigenvalue weighted by Crippen LogP contribution is -2.19. The lowest BCUT2D eigenvalue weighted by molar-refractivity contribution is 1.35. The van der Waals surface area contributed by atoms with Crippen LogP contribution < -0.4 is 11.5 Å². The second-order valence-corrected chi connectivity index (χ2v) is 5.31. The van der Waals surface area contributed by atoms with Crippen LogP contribution in [0, 0.1) is 0 Å². The molecular formula is C15H13N5S. The summed E-state index contributed by atoms with van der Waals surface area (Å²) < 4.78 is 1.06. The van der Waals surface area contributed by atoms with Crippen molar-refractivity contribution in [1.29, 1.82) is 0 Å². The molecule has 0 amide bonds. The van der Waals surface area contributed by atoms with Crippen LogP contribution in [0.25, 0.3) is 10.2 Å². The first-order chi connectivity index (χ1) is 10.2. The number of nitrogens with zero attached hydrogens (tertiary/aromatic N) is 3. The molecule has 0 atom stereocenters. The van der Waals surface area contributed by atoms with E-state index in [1.54, 1.807) is 0 Å². The molecule has 0 radical (unpaired) electrons. The topological polar surface area (TPSA) is 89.6 Å². The normalized spacial score (nSPS) is 12.8. The van der Waals surface area contributed by atoms with Crippen LogP contribution in [0.1, 0.15) is 5.56 Å². The zero-order chi connectivity index (χ0) is 14.7. The van der Waals surface area contributed by atoms with E-state index in [4.69, 9.17) is 11.5 Å². The quantitative estimate of drug-likeness (QED) is 0.562. The number of hydrogen-bond donors (Lipinski definition) is 2. The summed E-state index contributed by atoms with van der Waals surface area (Å²) in [6.07, 6.45) is 0. The van der Waals surface area contributed by atoms with Crippen molar-refractivity contribution in [2.75, 3.05) is 0 Å². The molecule has 6 heteroatoms. The molecule has 0 fully saturated rings. The molecule has 0 saturated carbocycles. The van der Waals surface area contributed by atoms with Crippen LogP contribution in [0.2, 0.25) is 0 Å². The van der Waals surface area contributed by atoms with E-state index in [1.807, 2.05) is 54.6 Å². The van der Waals surface area contributed by atoms with E-state index < -0.39 is 0 Å². The average molecular weight is 295 g/mol. The van der Waals surface area contributed by atoms with E-state index in [2.05, 4.69) is 15.0 Å². The van der Waals surface area contributed by atoms with Gasteiger partial charge in [-0.15, -0.1) is 0 Å². The van der Waals surface area contributed by atoms with Gasteiger partial charge >= 0.3 is 0 Å². The summed E-state index contributed by atoms with van der Waals surface area (Å²) in [7, 11) is 0. The van der Waals surface area contributed by atoms with Gasteiger partial charge in [0.2, 0.25) is 11.1 Å². The van der Waals surface area contributed by atoms with Crippen molar-refractivity contribution in [3.05, 3.63) is 60.2 Å². The van der Waals surface area contributed by atoms with Gasteiger partial charge in [0.05, 0.1) is 10.2 Å². The summed E-state index contributed by atoms with van der Waals surface area (Å²) in [4.78, 5) is 12.7. The smallest absolute Gasteiger partial charge is 0.224 e. The molecule has 5 nitrogen and oxygen atoms in total. The van der Waals surface area contributed by atoms with E-state index in [0.717, 1.165) is 15.8 Å². The van der Waals surface area contributed by atoms with Crippen molar-refractivity contribution in [2.45, 2.75) is 0 Å². The van der Waals surface area contributed by atoms with Crippen LogP contribution in [0.15, 0.2) is 64.6 Å². The number of rotatable bonds is 2. The predicted octanol–water partition coefficient (Wildman–Crippen LogP) is 2.65. The number of aliphatic imine (C=N–C) groups is 2. The van der Waals surface area contributed by atoms with Gasteiger partial charge in [-0.25, -0.2) is 4.98 Å². The summed E-state index contributed by atoms with van der Waals surface area (Å²) in [5, 5.41) is 0.568. The monoisotopic (exact) mass is 295 g/mol. The highest BCUT2D eigenvalue weighted by molar-refractivity contribution is 7.22. The van der Waals surface area contributed by atoms with Crippen LogP contribution in [0.3, 0.4) is 0 Å². The third-order valence-corrected chi connectivity index (χ3v) is 3.73. The fraction of sp³-hybridized carbons (Fsp3) is 0. The Kier molecular flexibility index (Phi) is 3.61.